The molecule has 0 aromatic heterocycles. The summed E-state index contributed by atoms with van der Waals surface area (Å²) in [5.74, 6) is -1.17. The minimum absolute atomic E-state index is 0.0425. The lowest BCUT2D eigenvalue weighted by Crippen LogP contribution is -2.45. The molecular formula is C16H17Cl2NO3. The van der Waals surface area contributed by atoms with E-state index in [9.17, 15) is 14.7 Å². The van der Waals surface area contributed by atoms with E-state index in [1.807, 2.05) is 12.1 Å². The molecule has 0 radical (unpaired) electrons. The molecule has 1 amide bonds. The van der Waals surface area contributed by atoms with Crippen LogP contribution in [0.3, 0.4) is 0 Å². The van der Waals surface area contributed by atoms with Crippen molar-refractivity contribution in [1.29, 1.82) is 0 Å². The topological polar surface area (TPSA) is 57.6 Å². The zero-order valence-electron chi connectivity index (χ0n) is 12.1. The average molecular weight is 342 g/mol. The number of carbonyl (C=O) groups excluding carboxylic acids is 1. The van der Waals surface area contributed by atoms with E-state index in [-0.39, 0.29) is 23.8 Å². The van der Waals surface area contributed by atoms with Crippen LogP contribution in [0.2, 0.25) is 10.0 Å². The van der Waals surface area contributed by atoms with Crippen LogP contribution >= 0.6 is 23.2 Å². The molecule has 22 heavy (non-hydrogen) atoms. The van der Waals surface area contributed by atoms with Gasteiger partial charge in [0.15, 0.2) is 0 Å². The summed E-state index contributed by atoms with van der Waals surface area (Å²) < 4.78 is 0. The average Bonchev–Trinajstić information content (AvgIpc) is 3.34. The largest absolute Gasteiger partial charge is 0.480 e. The van der Waals surface area contributed by atoms with E-state index < -0.39 is 12.0 Å². The van der Waals surface area contributed by atoms with Gasteiger partial charge in [-0.05, 0) is 43.7 Å². The Kier molecular flexibility index (Phi) is 4.08. The number of nitrogens with zero attached hydrogens (tertiary/aromatic N) is 1. The van der Waals surface area contributed by atoms with Gasteiger partial charge in [0.05, 0.1) is 10.0 Å². The Balaban J connectivity index is 1.76. The fraction of sp³-hybridized carbons (Fsp3) is 0.500. The first-order chi connectivity index (χ1) is 10.4. The fourth-order valence-electron chi connectivity index (χ4n) is 2.97. The number of hydrogen-bond donors (Lipinski definition) is 1. The Morgan fingerprint density at radius 2 is 2.00 bits per heavy atom. The Labute approximate surface area is 139 Å². The van der Waals surface area contributed by atoms with Gasteiger partial charge in [0, 0.05) is 12.0 Å². The third-order valence-corrected chi connectivity index (χ3v) is 5.29. The predicted molar refractivity (Wildman–Crippen MR) is 84.3 cm³/mol. The molecule has 0 bridgehead atoms. The van der Waals surface area contributed by atoms with Gasteiger partial charge in [0.25, 0.3) is 0 Å². The number of aliphatic carboxylic acids is 1. The van der Waals surface area contributed by atoms with Gasteiger partial charge in [-0.3, -0.25) is 4.79 Å². The molecule has 4 nitrogen and oxygen atoms in total. The smallest absolute Gasteiger partial charge is 0.326 e. The van der Waals surface area contributed by atoms with Crippen LogP contribution in [0.4, 0.5) is 0 Å². The highest BCUT2D eigenvalue weighted by atomic mass is 35.5. The summed E-state index contributed by atoms with van der Waals surface area (Å²) in [6.07, 6.45) is 2.48. The molecule has 0 heterocycles. The van der Waals surface area contributed by atoms with E-state index in [0.29, 0.717) is 16.5 Å². The van der Waals surface area contributed by atoms with E-state index in [1.54, 1.807) is 17.9 Å². The van der Waals surface area contributed by atoms with E-state index in [1.165, 1.54) is 0 Å². The van der Waals surface area contributed by atoms with Crippen LogP contribution in [0.25, 0.3) is 0 Å². The number of carboxylic acids is 1. The summed E-state index contributed by atoms with van der Waals surface area (Å²) in [7, 11) is 0. The second-order valence-corrected chi connectivity index (χ2v) is 6.87. The number of halogens is 2. The van der Waals surface area contributed by atoms with Gasteiger partial charge < -0.3 is 10.0 Å². The van der Waals surface area contributed by atoms with Crippen LogP contribution in [0.5, 0.6) is 0 Å². The van der Waals surface area contributed by atoms with E-state index >= 15 is 0 Å². The van der Waals surface area contributed by atoms with Crippen LogP contribution in [-0.2, 0) is 9.59 Å². The van der Waals surface area contributed by atoms with Gasteiger partial charge in [0.2, 0.25) is 5.91 Å². The van der Waals surface area contributed by atoms with Crippen LogP contribution in [-0.4, -0.2) is 34.0 Å². The fourth-order valence-corrected chi connectivity index (χ4v) is 3.42. The molecule has 6 heteroatoms. The maximum atomic E-state index is 12.7. The van der Waals surface area contributed by atoms with Gasteiger partial charge >= 0.3 is 5.97 Å². The Morgan fingerprint density at radius 1 is 1.32 bits per heavy atom. The van der Waals surface area contributed by atoms with Gasteiger partial charge in [-0.15, -0.1) is 0 Å². The molecule has 3 rings (SSSR count). The van der Waals surface area contributed by atoms with E-state index in [2.05, 4.69) is 0 Å². The summed E-state index contributed by atoms with van der Waals surface area (Å²) in [4.78, 5) is 25.5. The van der Waals surface area contributed by atoms with Crippen LogP contribution < -0.4 is 0 Å². The SMILES string of the molecule is CC(C(=O)O)N(C(=O)C1CC1c1cccc(Cl)c1Cl)C1CC1. The third kappa shape index (κ3) is 2.82. The normalized spacial score (nSPS) is 24.7. The van der Waals surface area contributed by atoms with Crippen molar-refractivity contribution in [3.63, 3.8) is 0 Å². The quantitative estimate of drug-likeness (QED) is 0.890. The molecule has 3 unspecified atom stereocenters. The number of hydrogen-bond acceptors (Lipinski definition) is 2. The Hall–Kier alpha value is -1.26. The highest BCUT2D eigenvalue weighted by Gasteiger charge is 2.50. The highest BCUT2D eigenvalue weighted by molar-refractivity contribution is 6.42. The van der Waals surface area contributed by atoms with Crippen molar-refractivity contribution in [2.75, 3.05) is 0 Å². The highest BCUT2D eigenvalue weighted by Crippen LogP contribution is 2.52. The first kappa shape index (κ1) is 15.6. The van der Waals surface area contributed by atoms with Crippen molar-refractivity contribution in [2.45, 2.75) is 44.2 Å². The molecule has 1 aromatic carbocycles. The van der Waals surface area contributed by atoms with Crippen molar-refractivity contribution < 1.29 is 14.7 Å². The van der Waals surface area contributed by atoms with Crippen molar-refractivity contribution in [1.82, 2.24) is 4.90 Å². The molecule has 1 N–H and O–H groups in total. The number of rotatable bonds is 5. The zero-order chi connectivity index (χ0) is 16.0. The van der Waals surface area contributed by atoms with Crippen molar-refractivity contribution in [3.8, 4) is 0 Å². The summed E-state index contributed by atoms with van der Waals surface area (Å²) >= 11 is 12.2. The zero-order valence-corrected chi connectivity index (χ0v) is 13.6. The maximum Gasteiger partial charge on any atom is 0.326 e. The molecule has 2 aliphatic rings. The number of amides is 1. The van der Waals surface area contributed by atoms with E-state index in [4.69, 9.17) is 23.2 Å². The number of carbonyl (C=O) groups is 2. The summed E-state index contributed by atoms with van der Waals surface area (Å²) in [5.41, 5.74) is 0.881. The monoisotopic (exact) mass is 341 g/mol. The molecule has 3 atom stereocenters. The summed E-state index contributed by atoms with van der Waals surface area (Å²) in [6.45, 7) is 1.57. The molecular weight excluding hydrogens is 325 g/mol. The molecule has 1 aromatic rings. The standard InChI is InChI=1S/C16H17Cl2NO3/c1-8(16(21)22)19(9-5-6-9)15(20)12-7-11(12)10-3-2-4-13(17)14(10)18/h2-4,8-9,11-12H,5-7H2,1H3,(H,21,22). The number of benzene rings is 1. The molecule has 2 aliphatic carbocycles. The molecule has 0 saturated heterocycles. The van der Waals surface area contributed by atoms with Crippen LogP contribution in [0.15, 0.2) is 18.2 Å². The minimum atomic E-state index is -0.960. The summed E-state index contributed by atoms with van der Waals surface area (Å²) in [5, 5.41) is 10.2. The lowest BCUT2D eigenvalue weighted by Gasteiger charge is -2.26. The minimum Gasteiger partial charge on any atom is -0.480 e. The Bertz CT molecular complexity index is 630. The van der Waals surface area contributed by atoms with Crippen LogP contribution in [0.1, 0.15) is 37.7 Å². The van der Waals surface area contributed by atoms with Gasteiger partial charge in [-0.1, -0.05) is 35.3 Å². The van der Waals surface area contributed by atoms with Gasteiger partial charge in [0.1, 0.15) is 6.04 Å². The van der Waals surface area contributed by atoms with Crippen molar-refractivity contribution in [2.24, 2.45) is 5.92 Å². The molecule has 118 valence electrons. The molecule has 2 fully saturated rings. The maximum absolute atomic E-state index is 12.7. The second-order valence-electron chi connectivity index (χ2n) is 6.08. The number of carboxylic acid groups (broad SMARTS) is 1. The van der Waals surface area contributed by atoms with Gasteiger partial charge in [-0.2, -0.15) is 0 Å². The van der Waals surface area contributed by atoms with Crippen LogP contribution in [0, 0.1) is 5.92 Å². The summed E-state index contributed by atoms with van der Waals surface area (Å²) in [6, 6.07) is 4.72. The first-order valence-electron chi connectivity index (χ1n) is 7.40. The second kappa shape index (κ2) is 5.74. The molecule has 0 spiro atoms. The third-order valence-electron chi connectivity index (χ3n) is 4.46. The van der Waals surface area contributed by atoms with Gasteiger partial charge in [-0.25, -0.2) is 4.79 Å². The predicted octanol–water partition coefficient (Wildman–Crippen LogP) is 3.56. The first-order valence-corrected chi connectivity index (χ1v) is 8.16. The van der Waals surface area contributed by atoms with Crippen molar-refractivity contribution in [3.05, 3.63) is 33.8 Å². The lowest BCUT2D eigenvalue weighted by atomic mass is 10.1. The van der Waals surface area contributed by atoms with E-state index in [0.717, 1.165) is 18.4 Å². The lowest BCUT2D eigenvalue weighted by molar-refractivity contribution is -0.150. The Morgan fingerprint density at radius 3 is 2.59 bits per heavy atom. The van der Waals surface area contributed by atoms with Crippen molar-refractivity contribution >= 4 is 35.1 Å². The molecule has 2 saturated carbocycles. The molecule has 0 aliphatic heterocycles.